The van der Waals surface area contributed by atoms with Gasteiger partial charge in [-0.1, -0.05) is 6.07 Å². The standard InChI is InChI=1S/C25H29NO7/c1-6-33-19-10-7-16(14-20(19)32-5)22-21(24(28)25(29)26(22)11-12-30-3)23(27)18-9-8-17(31-4)13-15(18)2/h7-10,13-14,22,27H,6,11-12H2,1-5H3/t22-/m1/s1. The summed E-state index contributed by atoms with van der Waals surface area (Å²) in [4.78, 5) is 27.5. The van der Waals surface area contributed by atoms with Crippen LogP contribution in [0.25, 0.3) is 5.76 Å². The number of amides is 1. The van der Waals surface area contributed by atoms with E-state index in [9.17, 15) is 14.7 Å². The summed E-state index contributed by atoms with van der Waals surface area (Å²) in [5, 5.41) is 11.2. The molecule has 176 valence electrons. The summed E-state index contributed by atoms with van der Waals surface area (Å²) in [6.07, 6.45) is 0. The minimum atomic E-state index is -0.814. The average molecular weight is 456 g/mol. The van der Waals surface area contributed by atoms with Crippen LogP contribution in [0.2, 0.25) is 0 Å². The number of carbonyl (C=O) groups excluding carboxylic acids is 2. The Labute approximate surface area is 193 Å². The second-order valence-electron chi connectivity index (χ2n) is 7.51. The lowest BCUT2D eigenvalue weighted by Crippen LogP contribution is -2.32. The lowest BCUT2D eigenvalue weighted by atomic mass is 9.93. The molecule has 1 fully saturated rings. The van der Waals surface area contributed by atoms with E-state index in [0.717, 1.165) is 0 Å². The number of ketones is 1. The van der Waals surface area contributed by atoms with Crippen LogP contribution in [0.3, 0.4) is 0 Å². The van der Waals surface area contributed by atoms with Crippen LogP contribution >= 0.6 is 0 Å². The molecule has 8 heteroatoms. The third-order valence-electron chi connectivity index (χ3n) is 5.57. The highest BCUT2D eigenvalue weighted by Crippen LogP contribution is 2.42. The van der Waals surface area contributed by atoms with Gasteiger partial charge in [-0.05, 0) is 55.3 Å². The van der Waals surface area contributed by atoms with Crippen molar-refractivity contribution in [3.63, 3.8) is 0 Å². The molecule has 33 heavy (non-hydrogen) atoms. The molecular formula is C25H29NO7. The lowest BCUT2D eigenvalue weighted by molar-refractivity contribution is -0.140. The molecule has 0 saturated carbocycles. The third-order valence-corrected chi connectivity index (χ3v) is 5.57. The number of aliphatic hydroxyl groups excluding tert-OH is 1. The number of hydrogen-bond acceptors (Lipinski definition) is 7. The summed E-state index contributed by atoms with van der Waals surface area (Å²) >= 11 is 0. The Hall–Kier alpha value is -3.52. The molecule has 2 aromatic carbocycles. The van der Waals surface area contributed by atoms with E-state index < -0.39 is 17.7 Å². The monoisotopic (exact) mass is 455 g/mol. The van der Waals surface area contributed by atoms with Crippen LogP contribution in [0.5, 0.6) is 17.2 Å². The molecule has 1 amide bonds. The fraction of sp³-hybridized carbons (Fsp3) is 0.360. The molecule has 0 radical (unpaired) electrons. The predicted octanol–water partition coefficient (Wildman–Crippen LogP) is 3.48. The van der Waals surface area contributed by atoms with Crippen molar-refractivity contribution in [3.8, 4) is 17.2 Å². The van der Waals surface area contributed by atoms with Crippen LogP contribution in [0, 0.1) is 6.92 Å². The normalized spacial score (nSPS) is 17.4. The number of nitrogens with zero attached hydrogens (tertiary/aromatic N) is 1. The molecule has 1 N–H and O–H groups in total. The van der Waals surface area contributed by atoms with Crippen molar-refractivity contribution in [2.75, 3.05) is 41.1 Å². The first kappa shape index (κ1) is 24.1. The first-order valence-electron chi connectivity index (χ1n) is 10.6. The number of benzene rings is 2. The van der Waals surface area contributed by atoms with E-state index in [1.165, 1.54) is 19.1 Å². The van der Waals surface area contributed by atoms with Crippen molar-refractivity contribution in [1.82, 2.24) is 4.90 Å². The van der Waals surface area contributed by atoms with Gasteiger partial charge in [0.2, 0.25) is 0 Å². The zero-order valence-electron chi connectivity index (χ0n) is 19.5. The van der Waals surface area contributed by atoms with E-state index in [-0.39, 0.29) is 24.5 Å². The molecule has 1 heterocycles. The molecular weight excluding hydrogens is 426 g/mol. The van der Waals surface area contributed by atoms with Crippen molar-refractivity contribution in [3.05, 3.63) is 58.7 Å². The maximum absolute atomic E-state index is 13.1. The fourth-order valence-electron chi connectivity index (χ4n) is 3.95. The van der Waals surface area contributed by atoms with Crippen LogP contribution in [0.15, 0.2) is 42.0 Å². The smallest absolute Gasteiger partial charge is 0.295 e. The zero-order chi connectivity index (χ0) is 24.1. The lowest BCUT2D eigenvalue weighted by Gasteiger charge is -2.26. The van der Waals surface area contributed by atoms with Gasteiger partial charge in [0.1, 0.15) is 11.5 Å². The Morgan fingerprint density at radius 2 is 1.79 bits per heavy atom. The second kappa shape index (κ2) is 10.4. The molecule has 1 atom stereocenters. The van der Waals surface area contributed by atoms with Gasteiger partial charge in [-0.15, -0.1) is 0 Å². The number of ether oxygens (including phenoxy) is 4. The topological polar surface area (TPSA) is 94.5 Å². The van der Waals surface area contributed by atoms with Gasteiger partial charge in [-0.25, -0.2) is 0 Å². The number of hydrogen-bond donors (Lipinski definition) is 1. The number of aliphatic hydroxyl groups is 1. The number of carbonyl (C=O) groups is 2. The van der Waals surface area contributed by atoms with E-state index in [1.54, 1.807) is 50.4 Å². The first-order valence-corrected chi connectivity index (χ1v) is 10.6. The average Bonchev–Trinajstić information content (AvgIpc) is 3.07. The number of methoxy groups -OCH3 is 3. The third kappa shape index (κ3) is 4.66. The van der Waals surface area contributed by atoms with E-state index in [1.807, 2.05) is 6.92 Å². The van der Waals surface area contributed by atoms with Gasteiger partial charge in [-0.2, -0.15) is 0 Å². The van der Waals surface area contributed by atoms with E-state index in [4.69, 9.17) is 18.9 Å². The van der Waals surface area contributed by atoms with Gasteiger partial charge in [-0.3, -0.25) is 9.59 Å². The minimum Gasteiger partial charge on any atom is -0.507 e. The summed E-state index contributed by atoms with van der Waals surface area (Å²) in [5.41, 5.74) is 1.77. The van der Waals surface area contributed by atoms with Crippen molar-refractivity contribution < 1.29 is 33.6 Å². The summed E-state index contributed by atoms with van der Waals surface area (Å²) < 4.78 is 21.4. The van der Waals surface area contributed by atoms with Gasteiger partial charge in [0.15, 0.2) is 11.5 Å². The second-order valence-corrected chi connectivity index (χ2v) is 7.51. The molecule has 0 aliphatic carbocycles. The number of rotatable bonds is 9. The zero-order valence-corrected chi connectivity index (χ0v) is 19.5. The highest BCUT2D eigenvalue weighted by Gasteiger charge is 2.46. The van der Waals surface area contributed by atoms with Gasteiger partial charge >= 0.3 is 0 Å². The van der Waals surface area contributed by atoms with Crippen LogP contribution < -0.4 is 14.2 Å². The first-order chi connectivity index (χ1) is 15.9. The maximum Gasteiger partial charge on any atom is 0.295 e. The SMILES string of the molecule is CCOc1ccc([C@@H]2C(=C(O)c3ccc(OC)cc3C)C(=O)C(=O)N2CCOC)cc1OC. The van der Waals surface area contributed by atoms with Gasteiger partial charge in [0.05, 0.1) is 39.0 Å². The molecule has 2 aromatic rings. The molecule has 0 bridgehead atoms. The maximum atomic E-state index is 13.1. The molecule has 1 aliphatic rings. The minimum absolute atomic E-state index is 0.00980. The fourth-order valence-corrected chi connectivity index (χ4v) is 3.95. The summed E-state index contributed by atoms with van der Waals surface area (Å²) in [7, 11) is 4.59. The molecule has 1 aliphatic heterocycles. The van der Waals surface area contributed by atoms with E-state index >= 15 is 0 Å². The van der Waals surface area contributed by atoms with Crippen molar-refractivity contribution in [1.29, 1.82) is 0 Å². The Kier molecular flexibility index (Phi) is 7.60. The Balaban J connectivity index is 2.20. The number of Topliss-reactive ketones (excluding diaryl/α,β-unsaturated/α-hetero) is 1. The molecule has 0 unspecified atom stereocenters. The Morgan fingerprint density at radius 1 is 1.03 bits per heavy atom. The molecule has 3 rings (SSSR count). The summed E-state index contributed by atoms with van der Waals surface area (Å²) in [6.45, 7) is 4.54. The Morgan fingerprint density at radius 3 is 2.39 bits per heavy atom. The molecule has 0 aromatic heterocycles. The van der Waals surface area contributed by atoms with Crippen LogP contribution in [-0.2, 0) is 14.3 Å². The quantitative estimate of drug-likeness (QED) is 0.351. The highest BCUT2D eigenvalue weighted by molar-refractivity contribution is 6.46. The molecule has 8 nitrogen and oxygen atoms in total. The van der Waals surface area contributed by atoms with Crippen LogP contribution in [0.4, 0.5) is 0 Å². The van der Waals surface area contributed by atoms with Crippen LogP contribution in [0.1, 0.15) is 29.7 Å². The number of likely N-dealkylation sites (tertiary alicyclic amines) is 1. The van der Waals surface area contributed by atoms with E-state index in [0.29, 0.717) is 40.5 Å². The highest BCUT2D eigenvalue weighted by atomic mass is 16.5. The van der Waals surface area contributed by atoms with Crippen molar-refractivity contribution >= 4 is 17.4 Å². The van der Waals surface area contributed by atoms with Gasteiger partial charge < -0.3 is 29.0 Å². The van der Waals surface area contributed by atoms with Crippen molar-refractivity contribution in [2.24, 2.45) is 0 Å². The van der Waals surface area contributed by atoms with E-state index in [2.05, 4.69) is 0 Å². The molecule has 1 saturated heterocycles. The van der Waals surface area contributed by atoms with Crippen LogP contribution in [-0.4, -0.2) is 62.8 Å². The number of aryl methyl sites for hydroxylation is 1. The summed E-state index contributed by atoms with van der Waals surface area (Å²) in [5.74, 6) is -0.0612. The largest absolute Gasteiger partial charge is 0.507 e. The Bertz CT molecular complexity index is 1080. The predicted molar refractivity (Wildman–Crippen MR) is 123 cm³/mol. The van der Waals surface area contributed by atoms with Gasteiger partial charge in [0, 0.05) is 19.2 Å². The van der Waals surface area contributed by atoms with Crippen molar-refractivity contribution in [2.45, 2.75) is 19.9 Å². The summed E-state index contributed by atoms with van der Waals surface area (Å²) in [6, 6.07) is 9.51. The molecule has 0 spiro atoms. The van der Waals surface area contributed by atoms with Gasteiger partial charge in [0.25, 0.3) is 11.7 Å².